The van der Waals surface area contributed by atoms with Crippen LogP contribution in [0.1, 0.15) is 25.7 Å². The summed E-state index contributed by atoms with van der Waals surface area (Å²) in [6.07, 6.45) is 3.17. The molecule has 4 heteroatoms. The number of hydrogen-bond donors (Lipinski definition) is 1. The maximum atomic E-state index is 12.5. The Morgan fingerprint density at radius 3 is 2.25 bits per heavy atom. The third kappa shape index (κ3) is 5.13. The van der Waals surface area contributed by atoms with Crippen LogP contribution < -0.4 is 0 Å². The van der Waals surface area contributed by atoms with Gasteiger partial charge in [-0.2, -0.15) is 0 Å². The summed E-state index contributed by atoms with van der Waals surface area (Å²) in [4.78, 5) is 0.342. The van der Waals surface area contributed by atoms with Gasteiger partial charge in [0.15, 0.2) is 9.84 Å². The number of hydrogen-bond acceptors (Lipinski definition) is 3. The SMILES string of the molecule is O=S(=O)(CC#CCCCCC#CCO)c1cccc2ccccc12. The van der Waals surface area contributed by atoms with Crippen molar-refractivity contribution in [1.82, 2.24) is 0 Å². The van der Waals surface area contributed by atoms with Crippen molar-refractivity contribution in [3.63, 3.8) is 0 Å². The van der Waals surface area contributed by atoms with Crippen molar-refractivity contribution in [3.05, 3.63) is 42.5 Å². The molecule has 0 aliphatic carbocycles. The van der Waals surface area contributed by atoms with Gasteiger partial charge in [-0.1, -0.05) is 48.2 Å². The number of unbranched alkanes of at least 4 members (excludes halogenated alkanes) is 3. The molecule has 2 rings (SSSR count). The van der Waals surface area contributed by atoms with Crippen molar-refractivity contribution in [1.29, 1.82) is 0 Å². The summed E-state index contributed by atoms with van der Waals surface area (Å²) in [6, 6.07) is 12.8. The van der Waals surface area contributed by atoms with Crippen LogP contribution in [0.15, 0.2) is 47.4 Å². The molecule has 3 nitrogen and oxygen atoms in total. The molecule has 2 aromatic carbocycles. The summed E-state index contributed by atoms with van der Waals surface area (Å²) in [5, 5.41) is 10.2. The fourth-order valence-corrected chi connectivity index (χ4v) is 3.60. The van der Waals surface area contributed by atoms with E-state index in [1.54, 1.807) is 12.1 Å². The molecule has 0 spiro atoms. The second-order valence-electron chi connectivity index (χ2n) is 5.31. The van der Waals surface area contributed by atoms with Gasteiger partial charge in [0.2, 0.25) is 0 Å². The van der Waals surface area contributed by atoms with Gasteiger partial charge in [0.05, 0.1) is 4.90 Å². The molecule has 0 atom stereocenters. The summed E-state index contributed by atoms with van der Waals surface area (Å²) >= 11 is 0. The molecule has 0 unspecified atom stereocenters. The minimum atomic E-state index is -3.42. The van der Waals surface area contributed by atoms with E-state index in [-0.39, 0.29) is 12.4 Å². The first-order valence-electron chi connectivity index (χ1n) is 7.88. The van der Waals surface area contributed by atoms with Crippen LogP contribution >= 0.6 is 0 Å². The van der Waals surface area contributed by atoms with E-state index < -0.39 is 9.84 Å². The molecule has 0 bridgehead atoms. The van der Waals surface area contributed by atoms with Gasteiger partial charge in [-0.25, -0.2) is 8.42 Å². The van der Waals surface area contributed by atoms with E-state index in [1.165, 1.54) is 0 Å². The second kappa shape index (κ2) is 9.13. The lowest BCUT2D eigenvalue weighted by atomic mass is 10.1. The Kier molecular flexibility index (Phi) is 6.88. The van der Waals surface area contributed by atoms with Crippen LogP contribution in [0.5, 0.6) is 0 Å². The maximum absolute atomic E-state index is 12.5. The van der Waals surface area contributed by atoms with Gasteiger partial charge in [0.1, 0.15) is 12.4 Å². The first-order valence-corrected chi connectivity index (χ1v) is 9.53. The Bertz CT molecular complexity index is 901. The Balaban J connectivity index is 1.96. The molecule has 0 aromatic heterocycles. The lowest BCUT2D eigenvalue weighted by Crippen LogP contribution is -2.05. The number of aliphatic hydroxyl groups excluding tert-OH is 1. The highest BCUT2D eigenvalue weighted by atomic mass is 32.2. The lowest BCUT2D eigenvalue weighted by Gasteiger charge is -2.05. The highest BCUT2D eigenvalue weighted by molar-refractivity contribution is 7.91. The van der Waals surface area contributed by atoms with E-state index in [0.717, 1.165) is 30.0 Å². The highest BCUT2D eigenvalue weighted by Crippen LogP contribution is 2.23. The number of benzene rings is 2. The number of sulfone groups is 1. The quantitative estimate of drug-likeness (QED) is 0.672. The van der Waals surface area contributed by atoms with Crippen molar-refractivity contribution in [2.45, 2.75) is 30.6 Å². The van der Waals surface area contributed by atoms with E-state index in [2.05, 4.69) is 23.7 Å². The molecule has 0 aliphatic rings. The van der Waals surface area contributed by atoms with E-state index >= 15 is 0 Å². The van der Waals surface area contributed by atoms with Crippen LogP contribution in [0.3, 0.4) is 0 Å². The van der Waals surface area contributed by atoms with Crippen LogP contribution in [0.2, 0.25) is 0 Å². The van der Waals surface area contributed by atoms with Crippen molar-refractivity contribution in [2.75, 3.05) is 12.4 Å². The van der Waals surface area contributed by atoms with Crippen LogP contribution in [-0.4, -0.2) is 25.9 Å². The number of rotatable bonds is 5. The molecule has 0 fully saturated rings. The Hall–Kier alpha value is -2.27. The standard InChI is InChI=1S/C20H20O3S/c21-16-9-5-3-1-2-4-6-10-17-24(22,23)20-15-11-13-18-12-7-8-14-19(18)20/h7-8,11-15,21H,1-4,16-17H2. The first-order chi connectivity index (χ1) is 11.6. The minimum Gasteiger partial charge on any atom is -0.384 e. The molecule has 0 saturated heterocycles. The molecule has 2 aromatic rings. The van der Waals surface area contributed by atoms with Gasteiger partial charge >= 0.3 is 0 Å². The zero-order valence-electron chi connectivity index (χ0n) is 13.5. The summed E-state index contributed by atoms with van der Waals surface area (Å²) < 4.78 is 25.0. The largest absolute Gasteiger partial charge is 0.384 e. The van der Waals surface area contributed by atoms with Gasteiger partial charge in [-0.05, 0) is 24.3 Å². The van der Waals surface area contributed by atoms with Gasteiger partial charge in [0, 0.05) is 18.2 Å². The fraction of sp³-hybridized carbons (Fsp3) is 0.300. The average Bonchev–Trinajstić information content (AvgIpc) is 2.59. The predicted octanol–water partition coefficient (Wildman–Crippen LogP) is 3.17. The fourth-order valence-electron chi connectivity index (χ4n) is 2.35. The Morgan fingerprint density at radius 1 is 0.833 bits per heavy atom. The van der Waals surface area contributed by atoms with Crippen LogP contribution in [-0.2, 0) is 9.84 Å². The summed E-state index contributed by atoms with van der Waals surface area (Å²) in [6.45, 7) is -0.105. The second-order valence-corrected chi connectivity index (χ2v) is 7.27. The number of aliphatic hydroxyl groups is 1. The third-order valence-corrected chi connectivity index (χ3v) is 5.08. The first kappa shape index (κ1) is 18.1. The molecule has 0 radical (unpaired) electrons. The zero-order valence-corrected chi connectivity index (χ0v) is 14.3. The Morgan fingerprint density at radius 2 is 1.50 bits per heavy atom. The zero-order chi connectivity index (χ0) is 17.3. The van der Waals surface area contributed by atoms with Crippen molar-refractivity contribution in [2.24, 2.45) is 0 Å². The van der Waals surface area contributed by atoms with E-state index in [1.807, 2.05) is 30.3 Å². The molecule has 24 heavy (non-hydrogen) atoms. The molecule has 124 valence electrons. The average molecular weight is 340 g/mol. The van der Waals surface area contributed by atoms with E-state index in [4.69, 9.17) is 5.11 Å². The Labute approximate surface area is 143 Å². The van der Waals surface area contributed by atoms with Gasteiger partial charge in [0.25, 0.3) is 0 Å². The van der Waals surface area contributed by atoms with Crippen LogP contribution in [0, 0.1) is 23.7 Å². The van der Waals surface area contributed by atoms with Gasteiger partial charge < -0.3 is 5.11 Å². The lowest BCUT2D eigenvalue weighted by molar-refractivity contribution is 0.350. The van der Waals surface area contributed by atoms with Gasteiger partial charge in [-0.15, -0.1) is 11.8 Å². The smallest absolute Gasteiger partial charge is 0.190 e. The van der Waals surface area contributed by atoms with E-state index in [9.17, 15) is 8.42 Å². The van der Waals surface area contributed by atoms with Gasteiger partial charge in [-0.3, -0.25) is 0 Å². The van der Waals surface area contributed by atoms with Crippen molar-refractivity contribution in [3.8, 4) is 23.7 Å². The molecule has 0 aliphatic heterocycles. The predicted molar refractivity (Wildman–Crippen MR) is 97.1 cm³/mol. The van der Waals surface area contributed by atoms with Crippen LogP contribution in [0.4, 0.5) is 0 Å². The maximum Gasteiger partial charge on any atom is 0.190 e. The van der Waals surface area contributed by atoms with Crippen LogP contribution in [0.25, 0.3) is 10.8 Å². The molecule has 1 N–H and O–H groups in total. The summed E-state index contributed by atoms with van der Waals surface area (Å²) in [5.74, 6) is 11.0. The molecular formula is C20H20O3S. The monoisotopic (exact) mass is 340 g/mol. The van der Waals surface area contributed by atoms with Crippen molar-refractivity contribution < 1.29 is 13.5 Å². The topological polar surface area (TPSA) is 54.4 Å². The normalized spacial score (nSPS) is 10.5. The molecule has 0 amide bonds. The van der Waals surface area contributed by atoms with Crippen molar-refractivity contribution >= 4 is 20.6 Å². The summed E-state index contributed by atoms with van der Waals surface area (Å²) in [7, 11) is -3.42. The highest BCUT2D eigenvalue weighted by Gasteiger charge is 2.15. The molecular weight excluding hydrogens is 320 g/mol. The molecule has 0 heterocycles. The summed E-state index contributed by atoms with van der Waals surface area (Å²) in [5.41, 5.74) is 0. The third-order valence-electron chi connectivity index (χ3n) is 3.53. The minimum absolute atomic E-state index is 0.105. The van der Waals surface area contributed by atoms with E-state index in [0.29, 0.717) is 11.3 Å². The molecule has 0 saturated carbocycles. The number of fused-ring (bicyclic) bond motifs is 1.